The molecule has 7 heteroatoms. The first-order chi connectivity index (χ1) is 9.25. The molecule has 2 N–H and O–H groups in total. The average Bonchev–Trinajstić information content (AvgIpc) is 3.09. The maximum atomic E-state index is 11.1. The molecule has 0 unspecified atom stereocenters. The van der Waals surface area contributed by atoms with Crippen LogP contribution in [-0.2, 0) is 0 Å². The van der Waals surface area contributed by atoms with Crippen LogP contribution < -0.4 is 0 Å². The molecule has 0 aliphatic heterocycles. The van der Waals surface area contributed by atoms with Crippen molar-refractivity contribution in [2.45, 2.75) is 0 Å². The number of aromatic carboxylic acids is 1. The Morgan fingerprint density at radius 2 is 2.00 bits per heavy atom. The largest absolute Gasteiger partial charge is 0.478 e. The van der Waals surface area contributed by atoms with E-state index in [1.54, 1.807) is 30.6 Å². The van der Waals surface area contributed by atoms with Crippen LogP contribution in [0.3, 0.4) is 0 Å². The molecule has 2 heterocycles. The van der Waals surface area contributed by atoms with Crippen LogP contribution in [0.1, 0.15) is 10.4 Å². The normalized spacial score (nSPS) is 10.5. The SMILES string of the molecule is O=C(O)c1ccccc1-c1nnc(-c2cn[nH]c2)o1. The van der Waals surface area contributed by atoms with Crippen LogP contribution in [0.15, 0.2) is 41.1 Å². The fourth-order valence-corrected chi connectivity index (χ4v) is 1.67. The van der Waals surface area contributed by atoms with Gasteiger partial charge in [-0.3, -0.25) is 5.10 Å². The Hall–Kier alpha value is -2.96. The molecule has 94 valence electrons. The summed E-state index contributed by atoms with van der Waals surface area (Å²) in [6.07, 6.45) is 3.15. The number of aromatic nitrogens is 4. The number of carboxylic acids is 1. The van der Waals surface area contributed by atoms with E-state index in [1.165, 1.54) is 6.07 Å². The van der Waals surface area contributed by atoms with E-state index in [4.69, 9.17) is 9.52 Å². The van der Waals surface area contributed by atoms with Gasteiger partial charge in [0.25, 0.3) is 5.89 Å². The van der Waals surface area contributed by atoms with Crippen LogP contribution in [0, 0.1) is 0 Å². The van der Waals surface area contributed by atoms with Crippen LogP contribution in [0.4, 0.5) is 0 Å². The van der Waals surface area contributed by atoms with E-state index in [0.717, 1.165) is 0 Å². The molecule has 0 bridgehead atoms. The number of aromatic amines is 1. The number of hydrogen-bond donors (Lipinski definition) is 2. The van der Waals surface area contributed by atoms with Crippen molar-refractivity contribution in [2.24, 2.45) is 0 Å². The van der Waals surface area contributed by atoms with E-state index in [0.29, 0.717) is 11.1 Å². The second kappa shape index (κ2) is 4.37. The van der Waals surface area contributed by atoms with Gasteiger partial charge in [0, 0.05) is 6.20 Å². The van der Waals surface area contributed by atoms with Gasteiger partial charge in [0.15, 0.2) is 0 Å². The number of nitrogens with one attached hydrogen (secondary N) is 1. The van der Waals surface area contributed by atoms with E-state index in [-0.39, 0.29) is 17.3 Å². The van der Waals surface area contributed by atoms with Crippen molar-refractivity contribution < 1.29 is 14.3 Å². The summed E-state index contributed by atoms with van der Waals surface area (Å²) >= 11 is 0. The fourth-order valence-electron chi connectivity index (χ4n) is 1.67. The van der Waals surface area contributed by atoms with Crippen LogP contribution in [-0.4, -0.2) is 31.5 Å². The Bertz CT molecular complexity index is 718. The van der Waals surface area contributed by atoms with Gasteiger partial charge in [-0.2, -0.15) is 5.10 Å². The number of hydrogen-bond acceptors (Lipinski definition) is 5. The Balaban J connectivity index is 2.06. The van der Waals surface area contributed by atoms with Crippen LogP contribution in [0.25, 0.3) is 22.9 Å². The van der Waals surface area contributed by atoms with Crippen molar-refractivity contribution >= 4 is 5.97 Å². The molecular formula is C12H8N4O3. The molecule has 0 radical (unpaired) electrons. The van der Waals surface area contributed by atoms with Crippen molar-refractivity contribution in [3.05, 3.63) is 42.2 Å². The van der Waals surface area contributed by atoms with Crippen LogP contribution >= 0.6 is 0 Å². The molecule has 2 aromatic heterocycles. The molecule has 1 aromatic carbocycles. The standard InChI is InChI=1S/C12H8N4O3/c17-12(18)9-4-2-1-3-8(9)11-16-15-10(19-11)7-5-13-14-6-7/h1-6H,(H,13,14)(H,17,18). The second-order valence-corrected chi connectivity index (χ2v) is 3.75. The minimum absolute atomic E-state index is 0.116. The van der Waals surface area contributed by atoms with Crippen molar-refractivity contribution in [3.63, 3.8) is 0 Å². The van der Waals surface area contributed by atoms with E-state index in [2.05, 4.69) is 20.4 Å². The molecule has 0 saturated carbocycles. The summed E-state index contributed by atoms with van der Waals surface area (Å²) in [7, 11) is 0. The summed E-state index contributed by atoms with van der Waals surface area (Å²) in [4.78, 5) is 11.1. The van der Waals surface area contributed by atoms with E-state index < -0.39 is 5.97 Å². The summed E-state index contributed by atoms with van der Waals surface area (Å²) in [5.74, 6) is -0.600. The zero-order chi connectivity index (χ0) is 13.2. The molecular weight excluding hydrogens is 248 g/mol. The number of nitrogens with zero attached hydrogens (tertiary/aromatic N) is 3. The molecule has 0 fully saturated rings. The van der Waals surface area contributed by atoms with Crippen LogP contribution in [0.5, 0.6) is 0 Å². The van der Waals surface area contributed by atoms with Crippen LogP contribution in [0.2, 0.25) is 0 Å². The first-order valence-corrected chi connectivity index (χ1v) is 5.41. The predicted octanol–water partition coefficient (Wildman–Crippen LogP) is 1.82. The number of rotatable bonds is 3. The van der Waals surface area contributed by atoms with Gasteiger partial charge in [-0.05, 0) is 12.1 Å². The number of carbonyl (C=O) groups is 1. The molecule has 0 atom stereocenters. The highest BCUT2D eigenvalue weighted by Crippen LogP contribution is 2.25. The Labute approximate surface area is 106 Å². The lowest BCUT2D eigenvalue weighted by atomic mass is 10.1. The third kappa shape index (κ3) is 1.97. The van der Waals surface area contributed by atoms with E-state index >= 15 is 0 Å². The van der Waals surface area contributed by atoms with Gasteiger partial charge in [-0.25, -0.2) is 4.79 Å². The van der Waals surface area contributed by atoms with Gasteiger partial charge < -0.3 is 9.52 Å². The average molecular weight is 256 g/mol. The Morgan fingerprint density at radius 1 is 1.21 bits per heavy atom. The zero-order valence-corrected chi connectivity index (χ0v) is 9.57. The van der Waals surface area contributed by atoms with E-state index in [1.807, 2.05) is 0 Å². The minimum atomic E-state index is -1.04. The molecule has 3 rings (SSSR count). The lowest BCUT2D eigenvalue weighted by molar-refractivity contribution is 0.0697. The molecule has 0 spiro atoms. The zero-order valence-electron chi connectivity index (χ0n) is 9.57. The smallest absolute Gasteiger partial charge is 0.336 e. The molecule has 0 aliphatic rings. The minimum Gasteiger partial charge on any atom is -0.478 e. The Morgan fingerprint density at radius 3 is 2.74 bits per heavy atom. The topological polar surface area (TPSA) is 105 Å². The first-order valence-electron chi connectivity index (χ1n) is 5.41. The molecule has 0 saturated heterocycles. The lowest BCUT2D eigenvalue weighted by Crippen LogP contribution is -1.98. The first kappa shape index (κ1) is 11.1. The molecule has 7 nitrogen and oxygen atoms in total. The van der Waals surface area contributed by atoms with Gasteiger partial charge in [-0.15, -0.1) is 10.2 Å². The summed E-state index contributed by atoms with van der Waals surface area (Å²) in [6.45, 7) is 0. The summed E-state index contributed by atoms with van der Waals surface area (Å²) in [6, 6.07) is 6.46. The highest BCUT2D eigenvalue weighted by atomic mass is 16.4. The predicted molar refractivity (Wildman–Crippen MR) is 64.3 cm³/mol. The number of carboxylic acid groups (broad SMARTS) is 1. The number of benzene rings is 1. The monoisotopic (exact) mass is 256 g/mol. The van der Waals surface area contributed by atoms with Gasteiger partial charge in [-0.1, -0.05) is 12.1 Å². The fraction of sp³-hybridized carbons (Fsp3) is 0. The third-order valence-corrected chi connectivity index (χ3v) is 2.56. The quantitative estimate of drug-likeness (QED) is 0.740. The molecule has 3 aromatic rings. The van der Waals surface area contributed by atoms with Gasteiger partial charge in [0.1, 0.15) is 0 Å². The highest BCUT2D eigenvalue weighted by molar-refractivity contribution is 5.94. The second-order valence-electron chi connectivity index (χ2n) is 3.75. The van der Waals surface area contributed by atoms with Gasteiger partial charge >= 0.3 is 5.97 Å². The van der Waals surface area contributed by atoms with Crippen molar-refractivity contribution in [3.8, 4) is 22.9 Å². The molecule has 19 heavy (non-hydrogen) atoms. The summed E-state index contributed by atoms with van der Waals surface area (Å²) in [5, 5.41) is 23.3. The Kier molecular flexibility index (Phi) is 2.57. The highest BCUT2D eigenvalue weighted by Gasteiger charge is 2.17. The maximum absolute atomic E-state index is 11.1. The van der Waals surface area contributed by atoms with E-state index in [9.17, 15) is 4.79 Å². The lowest BCUT2D eigenvalue weighted by Gasteiger charge is -1.99. The van der Waals surface area contributed by atoms with Gasteiger partial charge in [0.2, 0.25) is 5.89 Å². The number of H-pyrrole nitrogens is 1. The maximum Gasteiger partial charge on any atom is 0.336 e. The van der Waals surface area contributed by atoms with Crippen molar-refractivity contribution in [1.29, 1.82) is 0 Å². The third-order valence-electron chi connectivity index (χ3n) is 2.56. The summed E-state index contributed by atoms with van der Waals surface area (Å²) in [5.41, 5.74) is 1.15. The molecule has 0 amide bonds. The molecule has 0 aliphatic carbocycles. The summed E-state index contributed by atoms with van der Waals surface area (Å²) < 4.78 is 5.46. The van der Waals surface area contributed by atoms with Crippen molar-refractivity contribution in [1.82, 2.24) is 20.4 Å². The van der Waals surface area contributed by atoms with Crippen molar-refractivity contribution in [2.75, 3.05) is 0 Å². The van der Waals surface area contributed by atoms with Gasteiger partial charge in [0.05, 0.1) is 22.9 Å².